The second-order valence-electron chi connectivity index (χ2n) is 9.87. The first kappa shape index (κ1) is 27.2. The van der Waals surface area contributed by atoms with Crippen molar-refractivity contribution in [2.45, 2.75) is 24.5 Å². The van der Waals surface area contributed by atoms with Crippen molar-refractivity contribution in [3.63, 3.8) is 0 Å². The molecule has 8 N–H and O–H groups in total. The van der Waals surface area contributed by atoms with Crippen molar-refractivity contribution in [3.8, 4) is 5.75 Å². The van der Waals surface area contributed by atoms with Gasteiger partial charge < -0.3 is 36.8 Å². The Morgan fingerprint density at radius 2 is 1.89 bits per heavy atom. The Bertz CT molecular complexity index is 1310. The van der Waals surface area contributed by atoms with Crippen LogP contribution in [0.1, 0.15) is 17.5 Å². The highest BCUT2D eigenvalue weighted by molar-refractivity contribution is 6.24. The molecule has 3 aliphatic carbocycles. The number of phenolic OH excluding ortho intramolecular Hbond substituents is 1. The van der Waals surface area contributed by atoms with Gasteiger partial charge in [-0.25, -0.2) is 4.39 Å². The van der Waals surface area contributed by atoms with Crippen molar-refractivity contribution >= 4 is 34.8 Å². The number of likely N-dealkylation sites (N-methyl/N-ethyl adjacent to an activating group) is 1. The summed E-state index contributed by atoms with van der Waals surface area (Å²) in [5, 5.41) is 49.5. The monoisotopic (exact) mass is 532 g/mol. The van der Waals surface area contributed by atoms with Crippen LogP contribution in [0, 0.1) is 11.8 Å². The molecule has 38 heavy (non-hydrogen) atoms. The number of benzene rings is 1. The zero-order valence-electron chi connectivity index (χ0n) is 20.7. The van der Waals surface area contributed by atoms with E-state index in [0.29, 0.717) is 5.56 Å². The molecule has 2 amide bonds. The van der Waals surface area contributed by atoms with E-state index in [-0.39, 0.29) is 42.8 Å². The molecule has 4 atom stereocenters. The lowest BCUT2D eigenvalue weighted by Crippen LogP contribution is -2.65. The Labute approximate surface area is 216 Å². The van der Waals surface area contributed by atoms with Crippen LogP contribution in [-0.4, -0.2) is 94.2 Å². The normalized spacial score (nSPS) is 26.7. The molecule has 1 fully saturated rings. The third-order valence-corrected chi connectivity index (χ3v) is 7.42. The largest absolute Gasteiger partial charge is 0.508 e. The molecule has 0 bridgehead atoms. The lowest BCUT2D eigenvalue weighted by molar-refractivity contribution is -0.153. The fourth-order valence-corrected chi connectivity index (χ4v) is 5.78. The second-order valence-corrected chi connectivity index (χ2v) is 9.87. The van der Waals surface area contributed by atoms with Gasteiger partial charge in [-0.1, -0.05) is 6.07 Å². The zero-order chi connectivity index (χ0) is 28.1. The molecule has 1 saturated carbocycles. The maximum absolute atomic E-state index is 13.8. The number of Topliss-reactive ketones (excluding diaryl/α,β-unsaturated/α-hetero) is 2. The molecule has 204 valence electrons. The van der Waals surface area contributed by atoms with Gasteiger partial charge in [0.25, 0.3) is 5.91 Å². The van der Waals surface area contributed by atoms with Crippen molar-refractivity contribution in [1.29, 1.82) is 0 Å². The number of fused-ring (bicyclic) bond motifs is 3. The van der Waals surface area contributed by atoms with Crippen molar-refractivity contribution < 1.29 is 44.0 Å². The molecule has 1 aromatic carbocycles. The van der Waals surface area contributed by atoms with Gasteiger partial charge in [0.05, 0.1) is 23.8 Å². The van der Waals surface area contributed by atoms with E-state index in [1.807, 2.05) is 0 Å². The number of ketones is 2. The van der Waals surface area contributed by atoms with Crippen LogP contribution in [0.2, 0.25) is 0 Å². The van der Waals surface area contributed by atoms with Crippen molar-refractivity contribution in [2.24, 2.45) is 17.6 Å². The highest BCUT2D eigenvalue weighted by atomic mass is 19.1. The van der Waals surface area contributed by atoms with Gasteiger partial charge >= 0.3 is 0 Å². The fraction of sp³-hybridized carbons (Fsp3) is 0.440. The van der Waals surface area contributed by atoms with Crippen LogP contribution < -0.4 is 16.4 Å². The number of carbonyl (C=O) groups excluding carboxylic acids is 4. The Balaban J connectivity index is 1.80. The van der Waals surface area contributed by atoms with Crippen LogP contribution in [0.5, 0.6) is 5.75 Å². The third kappa shape index (κ3) is 4.03. The predicted octanol–water partition coefficient (Wildman–Crippen LogP) is -0.538. The topological polar surface area (TPSA) is 203 Å². The van der Waals surface area contributed by atoms with E-state index in [1.165, 1.54) is 25.1 Å². The van der Waals surface area contributed by atoms with Gasteiger partial charge in [-0.3, -0.25) is 24.1 Å². The summed E-state index contributed by atoms with van der Waals surface area (Å²) in [6.45, 7) is -0.943. The quantitative estimate of drug-likeness (QED) is 0.136. The Kier molecular flexibility index (Phi) is 7.03. The number of anilines is 1. The average molecular weight is 533 g/mol. The number of primary amides is 1. The molecular formula is C25H29FN4O8. The summed E-state index contributed by atoms with van der Waals surface area (Å²) in [5.74, 6) is -8.06. The molecule has 0 saturated heterocycles. The molecule has 4 unspecified atom stereocenters. The van der Waals surface area contributed by atoms with Gasteiger partial charge in [0, 0.05) is 18.0 Å². The number of alkyl halides is 1. The van der Waals surface area contributed by atoms with E-state index in [9.17, 15) is 44.0 Å². The molecule has 3 aliphatic rings. The lowest BCUT2D eigenvalue weighted by Gasteiger charge is -2.50. The van der Waals surface area contributed by atoms with Crippen LogP contribution in [0.4, 0.5) is 10.1 Å². The van der Waals surface area contributed by atoms with Gasteiger partial charge in [0.1, 0.15) is 29.5 Å². The number of nitrogens with one attached hydrogen (secondary N) is 2. The van der Waals surface area contributed by atoms with Gasteiger partial charge in [-0.2, -0.15) is 0 Å². The van der Waals surface area contributed by atoms with Crippen LogP contribution in [0.15, 0.2) is 29.0 Å². The Morgan fingerprint density at radius 1 is 1.21 bits per heavy atom. The fourth-order valence-electron chi connectivity index (χ4n) is 5.78. The number of carbonyl (C=O) groups is 4. The smallest absolute Gasteiger partial charge is 0.255 e. The van der Waals surface area contributed by atoms with Crippen LogP contribution >= 0.6 is 0 Å². The number of hydrogen-bond donors (Lipinski definition) is 7. The first-order chi connectivity index (χ1) is 17.9. The van der Waals surface area contributed by atoms with Gasteiger partial charge in [0.2, 0.25) is 11.7 Å². The highest BCUT2D eigenvalue weighted by Crippen LogP contribution is 2.53. The summed E-state index contributed by atoms with van der Waals surface area (Å²) in [5.41, 5.74) is 1.63. The number of aliphatic hydroxyl groups is 3. The standard InChI is InChI=1S/C25H29FN4O8/c1-30(2)18-12-8-11-7-10-3-4-13(29-14(31)9-28-6-5-26)19(32)15(10)20(33)16(11)22(35)25(12,38)23(36)17(21(18)34)24(27)37/h3-4,11-12,18,28,32-33,36,38H,5-9H2,1-2H3,(H2,27,37)(H,29,31). The van der Waals surface area contributed by atoms with Crippen LogP contribution in [0.25, 0.3) is 5.76 Å². The summed E-state index contributed by atoms with van der Waals surface area (Å²) >= 11 is 0. The number of nitrogens with two attached hydrogens (primary N) is 1. The number of aromatic hydroxyl groups is 1. The summed E-state index contributed by atoms with van der Waals surface area (Å²) in [4.78, 5) is 52.4. The number of amides is 2. The third-order valence-electron chi connectivity index (χ3n) is 7.42. The summed E-state index contributed by atoms with van der Waals surface area (Å²) in [6.07, 6.45) is 0.111. The SMILES string of the molecule is CN(C)C1C(=O)C(C(N)=O)=C(O)C2(O)C(=O)C3=C(O)c4c(ccc(NC(=O)CNCCF)c4O)CC3CC12. The molecular weight excluding hydrogens is 503 g/mol. The first-order valence-electron chi connectivity index (χ1n) is 11.9. The average Bonchev–Trinajstić information content (AvgIpc) is 2.83. The summed E-state index contributed by atoms with van der Waals surface area (Å²) < 4.78 is 12.3. The number of phenols is 1. The number of rotatable bonds is 7. The lowest BCUT2D eigenvalue weighted by atomic mass is 9.57. The minimum absolute atomic E-state index is 0.0226. The minimum Gasteiger partial charge on any atom is -0.508 e. The number of aliphatic hydroxyl groups excluding tert-OH is 2. The van der Waals surface area contributed by atoms with Crippen molar-refractivity contribution in [1.82, 2.24) is 10.2 Å². The Morgan fingerprint density at radius 3 is 2.50 bits per heavy atom. The molecule has 0 spiro atoms. The zero-order valence-corrected chi connectivity index (χ0v) is 20.7. The van der Waals surface area contributed by atoms with Crippen LogP contribution in [-0.2, 0) is 25.6 Å². The molecule has 0 heterocycles. The molecule has 4 rings (SSSR count). The number of hydrogen-bond acceptors (Lipinski definition) is 10. The maximum atomic E-state index is 13.8. The maximum Gasteiger partial charge on any atom is 0.255 e. The van der Waals surface area contributed by atoms with Gasteiger partial charge in [-0.05, 0) is 44.5 Å². The van der Waals surface area contributed by atoms with E-state index >= 15 is 0 Å². The van der Waals surface area contributed by atoms with E-state index in [2.05, 4.69) is 10.6 Å². The molecule has 13 heteroatoms. The molecule has 0 aromatic heterocycles. The summed E-state index contributed by atoms with van der Waals surface area (Å²) in [7, 11) is 3.04. The molecule has 1 aromatic rings. The number of halogens is 1. The van der Waals surface area contributed by atoms with Crippen molar-refractivity contribution in [2.75, 3.05) is 39.2 Å². The molecule has 12 nitrogen and oxygen atoms in total. The van der Waals surface area contributed by atoms with Crippen LogP contribution in [0.3, 0.4) is 0 Å². The van der Waals surface area contributed by atoms with E-state index in [4.69, 9.17) is 5.73 Å². The van der Waals surface area contributed by atoms with Crippen molar-refractivity contribution in [3.05, 3.63) is 40.2 Å². The van der Waals surface area contributed by atoms with E-state index in [1.54, 1.807) is 6.07 Å². The first-order valence-corrected chi connectivity index (χ1v) is 11.9. The minimum atomic E-state index is -2.73. The van der Waals surface area contributed by atoms with E-state index in [0.717, 1.165) is 0 Å². The van der Waals surface area contributed by atoms with Gasteiger partial charge in [-0.15, -0.1) is 0 Å². The highest BCUT2D eigenvalue weighted by Gasteiger charge is 2.64. The van der Waals surface area contributed by atoms with Gasteiger partial charge in [0.15, 0.2) is 11.4 Å². The molecule has 0 aliphatic heterocycles. The second kappa shape index (κ2) is 9.82. The van der Waals surface area contributed by atoms with E-state index < -0.39 is 76.4 Å². The molecule has 0 radical (unpaired) electrons. The number of nitrogens with zero attached hydrogens (tertiary/aromatic N) is 1. The predicted molar refractivity (Wildman–Crippen MR) is 132 cm³/mol. The summed E-state index contributed by atoms with van der Waals surface area (Å²) in [6, 6.07) is 1.81. The Hall–Kier alpha value is -3.81.